The summed E-state index contributed by atoms with van der Waals surface area (Å²) in [6, 6.07) is 10.4. The topological polar surface area (TPSA) is 20.2 Å². The van der Waals surface area contributed by atoms with Crippen LogP contribution in [0.4, 0.5) is 0 Å². The lowest BCUT2D eigenvalue weighted by Crippen LogP contribution is -2.13. The minimum Gasteiger partial charge on any atom is -0.391 e. The van der Waals surface area contributed by atoms with Gasteiger partial charge in [0.2, 0.25) is 0 Å². The van der Waals surface area contributed by atoms with Gasteiger partial charge < -0.3 is 5.11 Å². The van der Waals surface area contributed by atoms with Crippen molar-refractivity contribution in [1.29, 1.82) is 0 Å². The van der Waals surface area contributed by atoms with E-state index in [0.29, 0.717) is 0 Å². The van der Waals surface area contributed by atoms with Gasteiger partial charge in [-0.15, -0.1) is 0 Å². The zero-order chi connectivity index (χ0) is 10.2. The number of aliphatic hydroxyl groups excluding tert-OH is 1. The molecule has 1 aromatic carbocycles. The summed E-state index contributed by atoms with van der Waals surface area (Å²) < 4.78 is 0. The Hall–Kier alpha value is -0.730. The molecule has 1 atom stereocenters. The average Bonchev–Trinajstić information content (AvgIpc) is 2.25. The zero-order valence-electron chi connectivity index (χ0n) is 8.36. The van der Waals surface area contributed by atoms with Crippen molar-refractivity contribution in [2.75, 3.05) is 18.1 Å². The summed E-state index contributed by atoms with van der Waals surface area (Å²) in [7, 11) is 0.182. The molecule has 0 aromatic heterocycles. The van der Waals surface area contributed by atoms with Crippen LogP contribution in [0.15, 0.2) is 42.3 Å². The van der Waals surface area contributed by atoms with Gasteiger partial charge in [-0.25, -0.2) is 0 Å². The molecule has 1 nitrogen and oxygen atoms in total. The fraction of sp³-hybridized carbons (Fsp3) is 0.333. The molecule has 1 unspecified atom stereocenters. The summed E-state index contributed by atoms with van der Waals surface area (Å²) >= 11 is 0. The fourth-order valence-electron chi connectivity index (χ4n) is 1.28. The van der Waals surface area contributed by atoms with E-state index < -0.39 is 0 Å². The molecule has 0 aliphatic heterocycles. The number of aliphatic hydroxyl groups is 1. The Morgan fingerprint density at radius 3 is 2.50 bits per heavy atom. The zero-order valence-corrected chi connectivity index (χ0v) is 9.17. The summed E-state index contributed by atoms with van der Waals surface area (Å²) in [5, 5.41) is 10.8. The fourth-order valence-corrected chi connectivity index (χ4v) is 2.55. The predicted molar refractivity (Wildman–Crippen MR) is 64.5 cm³/mol. The van der Waals surface area contributed by atoms with E-state index in [0.717, 1.165) is 17.9 Å². The van der Waals surface area contributed by atoms with Crippen LogP contribution in [0.3, 0.4) is 0 Å². The molecule has 0 aliphatic carbocycles. The molecule has 0 saturated heterocycles. The maximum atomic E-state index is 8.82. The SMILES string of the molecule is C=C[S+](CCO)CCc1ccccc1. The van der Waals surface area contributed by atoms with Crippen LogP contribution >= 0.6 is 0 Å². The third kappa shape index (κ3) is 3.99. The number of hydrogen-bond acceptors (Lipinski definition) is 1. The Labute approximate surface area is 88.8 Å². The molecule has 2 heteroatoms. The van der Waals surface area contributed by atoms with Crippen molar-refractivity contribution in [2.24, 2.45) is 0 Å². The van der Waals surface area contributed by atoms with Gasteiger partial charge in [0.1, 0.15) is 16.9 Å². The first-order valence-corrected chi connectivity index (χ1v) is 6.43. The Balaban J connectivity index is 2.35. The molecule has 1 N–H and O–H groups in total. The van der Waals surface area contributed by atoms with Crippen molar-refractivity contribution in [2.45, 2.75) is 6.42 Å². The number of aryl methyl sites for hydroxylation is 1. The summed E-state index contributed by atoms with van der Waals surface area (Å²) in [6.45, 7) is 4.06. The average molecular weight is 209 g/mol. The van der Waals surface area contributed by atoms with Crippen molar-refractivity contribution in [1.82, 2.24) is 0 Å². The summed E-state index contributed by atoms with van der Waals surface area (Å²) in [6.07, 6.45) is 1.08. The second-order valence-corrected chi connectivity index (χ2v) is 5.30. The minimum absolute atomic E-state index is 0.182. The molecule has 0 amide bonds. The largest absolute Gasteiger partial charge is 0.391 e. The Morgan fingerprint density at radius 1 is 1.21 bits per heavy atom. The summed E-state index contributed by atoms with van der Waals surface area (Å²) in [4.78, 5) is 0. The van der Waals surface area contributed by atoms with E-state index in [1.165, 1.54) is 5.56 Å². The van der Waals surface area contributed by atoms with Crippen LogP contribution in [0.5, 0.6) is 0 Å². The van der Waals surface area contributed by atoms with Gasteiger partial charge in [0, 0.05) is 17.3 Å². The molecule has 1 aromatic rings. The molecule has 0 aliphatic rings. The van der Waals surface area contributed by atoms with E-state index in [4.69, 9.17) is 5.11 Å². The van der Waals surface area contributed by atoms with E-state index >= 15 is 0 Å². The van der Waals surface area contributed by atoms with E-state index in [2.05, 4.69) is 30.8 Å². The molecule has 0 bridgehead atoms. The van der Waals surface area contributed by atoms with Crippen LogP contribution in [0.2, 0.25) is 0 Å². The highest BCUT2D eigenvalue weighted by Gasteiger charge is 2.12. The van der Waals surface area contributed by atoms with E-state index in [9.17, 15) is 0 Å². The van der Waals surface area contributed by atoms with Crippen LogP contribution < -0.4 is 0 Å². The van der Waals surface area contributed by atoms with E-state index in [1.54, 1.807) is 0 Å². The highest BCUT2D eigenvalue weighted by atomic mass is 32.2. The van der Waals surface area contributed by atoms with Gasteiger partial charge in [-0.2, -0.15) is 0 Å². The Bertz CT molecular complexity index is 258. The van der Waals surface area contributed by atoms with Crippen LogP contribution in [0.1, 0.15) is 5.56 Å². The van der Waals surface area contributed by atoms with Gasteiger partial charge in [-0.1, -0.05) is 36.9 Å². The van der Waals surface area contributed by atoms with Crippen molar-refractivity contribution in [3.8, 4) is 0 Å². The van der Waals surface area contributed by atoms with E-state index in [1.807, 2.05) is 11.5 Å². The van der Waals surface area contributed by atoms with Gasteiger partial charge in [0.05, 0.1) is 6.61 Å². The highest BCUT2D eigenvalue weighted by molar-refractivity contribution is 7.99. The smallest absolute Gasteiger partial charge is 0.135 e. The van der Waals surface area contributed by atoms with Crippen LogP contribution in [-0.4, -0.2) is 23.2 Å². The number of benzene rings is 1. The van der Waals surface area contributed by atoms with Crippen LogP contribution in [-0.2, 0) is 17.3 Å². The first kappa shape index (κ1) is 11.3. The highest BCUT2D eigenvalue weighted by Crippen LogP contribution is 2.05. The van der Waals surface area contributed by atoms with Crippen LogP contribution in [0, 0.1) is 0 Å². The summed E-state index contributed by atoms with van der Waals surface area (Å²) in [5.41, 5.74) is 1.37. The first-order chi connectivity index (χ1) is 6.86. The maximum absolute atomic E-state index is 8.82. The normalized spacial score (nSPS) is 12.4. The summed E-state index contributed by atoms with van der Waals surface area (Å²) in [5.74, 6) is 1.96. The molecule has 0 fully saturated rings. The second kappa shape index (κ2) is 6.68. The number of rotatable bonds is 6. The van der Waals surface area contributed by atoms with Gasteiger partial charge in [0.15, 0.2) is 0 Å². The maximum Gasteiger partial charge on any atom is 0.135 e. The Morgan fingerprint density at radius 2 is 1.93 bits per heavy atom. The lowest BCUT2D eigenvalue weighted by molar-refractivity contribution is 0.322. The van der Waals surface area contributed by atoms with Gasteiger partial charge in [-0.3, -0.25) is 0 Å². The Kier molecular flexibility index (Phi) is 5.42. The van der Waals surface area contributed by atoms with Crippen molar-refractivity contribution in [3.63, 3.8) is 0 Å². The van der Waals surface area contributed by atoms with Crippen molar-refractivity contribution >= 4 is 10.9 Å². The third-order valence-electron chi connectivity index (χ3n) is 2.08. The van der Waals surface area contributed by atoms with Crippen molar-refractivity contribution < 1.29 is 5.11 Å². The molecule has 76 valence electrons. The molecule has 0 heterocycles. The van der Waals surface area contributed by atoms with Gasteiger partial charge in [0.25, 0.3) is 0 Å². The molecule has 0 spiro atoms. The molecule has 0 radical (unpaired) electrons. The number of hydrogen-bond donors (Lipinski definition) is 1. The molecule has 1 rings (SSSR count). The predicted octanol–water partition coefficient (Wildman–Crippen LogP) is 1.98. The monoisotopic (exact) mass is 209 g/mol. The minimum atomic E-state index is 0.182. The first-order valence-electron chi connectivity index (χ1n) is 4.80. The molecule has 0 saturated carbocycles. The molecule has 14 heavy (non-hydrogen) atoms. The quantitative estimate of drug-likeness (QED) is 0.710. The standard InChI is InChI=1S/C12H17OS/c1-2-14(11-9-13)10-8-12-6-4-3-5-7-12/h2-7,13H,1,8-11H2/q+1. The van der Waals surface area contributed by atoms with Gasteiger partial charge >= 0.3 is 0 Å². The lowest BCUT2D eigenvalue weighted by atomic mass is 10.2. The lowest BCUT2D eigenvalue weighted by Gasteiger charge is -2.02. The van der Waals surface area contributed by atoms with Gasteiger partial charge in [-0.05, 0) is 5.56 Å². The second-order valence-electron chi connectivity index (χ2n) is 3.07. The molecular formula is C12H17OS+. The van der Waals surface area contributed by atoms with E-state index in [-0.39, 0.29) is 17.5 Å². The third-order valence-corrected chi connectivity index (χ3v) is 3.99. The molecular weight excluding hydrogens is 192 g/mol. The van der Waals surface area contributed by atoms with Crippen LogP contribution in [0.25, 0.3) is 0 Å². The van der Waals surface area contributed by atoms with Crippen molar-refractivity contribution in [3.05, 3.63) is 47.9 Å².